The fourth-order valence-electron chi connectivity index (χ4n) is 9.40. The molecule has 0 amide bonds. The first-order valence-electron chi connectivity index (χ1n) is 36.8. The normalized spacial score (nSPS) is 14.7. The Bertz CT molecular complexity index is 2300. The molecule has 0 saturated heterocycles. The van der Waals surface area contributed by atoms with E-state index >= 15 is 0 Å². The van der Waals surface area contributed by atoms with E-state index < -0.39 is 97.5 Å². The molecule has 0 radical (unpaired) electrons. The number of hydrogen-bond acceptors (Lipinski definition) is 15. The number of unbranched alkanes of at least 4 members (excludes halogenated alkanes) is 23. The predicted molar refractivity (Wildman–Crippen MR) is 390 cm³/mol. The van der Waals surface area contributed by atoms with Crippen LogP contribution in [0.4, 0.5) is 0 Å². The Morgan fingerprint density at radius 3 is 0.969 bits per heavy atom. The van der Waals surface area contributed by atoms with Crippen molar-refractivity contribution in [1.29, 1.82) is 0 Å². The highest BCUT2D eigenvalue weighted by atomic mass is 31.2. The number of phosphoric ester groups is 2. The molecule has 550 valence electrons. The van der Waals surface area contributed by atoms with Crippen molar-refractivity contribution in [2.45, 2.75) is 303 Å². The van der Waals surface area contributed by atoms with Gasteiger partial charge in [0, 0.05) is 19.3 Å². The maximum absolute atomic E-state index is 13.0. The fourth-order valence-corrected chi connectivity index (χ4v) is 11.0. The minimum absolute atomic E-state index is 0.0574. The first kappa shape index (κ1) is 91.5. The predicted octanol–water partition coefficient (Wildman–Crippen LogP) is 20.8. The third kappa shape index (κ3) is 68.0. The molecule has 19 heteroatoms. The highest BCUT2D eigenvalue weighted by Gasteiger charge is 2.30. The molecule has 0 aromatic heterocycles. The molecule has 0 spiro atoms. The third-order valence-corrected chi connectivity index (χ3v) is 16.8. The van der Waals surface area contributed by atoms with Gasteiger partial charge in [-0.3, -0.25) is 37.3 Å². The number of esters is 4. The molecule has 5 unspecified atom stereocenters. The summed E-state index contributed by atoms with van der Waals surface area (Å²) in [5.41, 5.74) is 0. The molecule has 3 N–H and O–H groups in total. The van der Waals surface area contributed by atoms with Gasteiger partial charge in [0.2, 0.25) is 0 Å². The SMILES string of the molecule is CC/C=C\C/C=C\C/C=C\C/C=C\C/C=C\CC(=O)OCC(COP(=O)(O)OCC(O)COP(=O)(O)OCC(COC(=O)CCCCCCCCC/C=C\C/C=C\C/C=C\CC)OC(=O)CCCCCCCCCCCCC)OC(=O)CCCCCCC/C=C\C/C=C\CCC. The molecule has 0 aromatic carbocycles. The van der Waals surface area contributed by atoms with E-state index in [0.717, 1.165) is 167 Å². The summed E-state index contributed by atoms with van der Waals surface area (Å²) in [7, 11) is -9.97. The number of hydrogen-bond donors (Lipinski definition) is 3. The van der Waals surface area contributed by atoms with Crippen molar-refractivity contribution >= 4 is 39.5 Å². The summed E-state index contributed by atoms with van der Waals surface area (Å²) in [6.07, 6.45) is 73.8. The second-order valence-electron chi connectivity index (χ2n) is 24.1. The van der Waals surface area contributed by atoms with E-state index in [1.54, 1.807) is 6.08 Å². The highest BCUT2D eigenvalue weighted by molar-refractivity contribution is 7.47. The van der Waals surface area contributed by atoms with Crippen LogP contribution < -0.4 is 0 Å². The van der Waals surface area contributed by atoms with Crippen LogP contribution in [0.3, 0.4) is 0 Å². The molecule has 0 fully saturated rings. The van der Waals surface area contributed by atoms with Gasteiger partial charge in [-0.25, -0.2) is 9.13 Å². The average molecular weight is 1390 g/mol. The molecule has 0 saturated carbocycles. The smallest absolute Gasteiger partial charge is 0.462 e. The van der Waals surface area contributed by atoms with E-state index in [1.807, 2.05) is 18.2 Å². The summed E-state index contributed by atoms with van der Waals surface area (Å²) in [6.45, 7) is 4.42. The summed E-state index contributed by atoms with van der Waals surface area (Å²) < 4.78 is 68.2. The molecule has 5 atom stereocenters. The Morgan fingerprint density at radius 1 is 0.312 bits per heavy atom. The van der Waals surface area contributed by atoms with Crippen LogP contribution in [0.25, 0.3) is 0 Å². The van der Waals surface area contributed by atoms with Gasteiger partial charge in [0.1, 0.15) is 19.3 Å². The van der Waals surface area contributed by atoms with Gasteiger partial charge in [-0.1, -0.05) is 271 Å². The summed E-state index contributed by atoms with van der Waals surface area (Å²) in [6, 6.07) is 0. The number of ether oxygens (including phenoxy) is 4. The van der Waals surface area contributed by atoms with Gasteiger partial charge in [-0.15, -0.1) is 0 Å². The molecule has 0 aliphatic rings. The molecule has 0 aliphatic carbocycles. The number of rotatable bonds is 68. The first-order valence-corrected chi connectivity index (χ1v) is 39.8. The zero-order valence-corrected chi connectivity index (χ0v) is 61.5. The monoisotopic (exact) mass is 1390 g/mol. The van der Waals surface area contributed by atoms with Crippen molar-refractivity contribution in [3.63, 3.8) is 0 Å². The lowest BCUT2D eigenvalue weighted by Gasteiger charge is -2.21. The lowest BCUT2D eigenvalue weighted by molar-refractivity contribution is -0.161. The summed E-state index contributed by atoms with van der Waals surface area (Å²) in [5.74, 6) is -2.35. The van der Waals surface area contributed by atoms with E-state index in [-0.39, 0.29) is 25.7 Å². The van der Waals surface area contributed by atoms with Crippen LogP contribution in [-0.4, -0.2) is 96.7 Å². The summed E-state index contributed by atoms with van der Waals surface area (Å²) in [4.78, 5) is 72.6. The van der Waals surface area contributed by atoms with Crippen LogP contribution in [-0.2, 0) is 65.4 Å². The van der Waals surface area contributed by atoms with E-state index in [9.17, 15) is 43.2 Å². The Labute approximate surface area is 581 Å². The maximum atomic E-state index is 13.0. The molecule has 0 aliphatic heterocycles. The molecule has 0 heterocycles. The lowest BCUT2D eigenvalue weighted by atomic mass is 10.1. The zero-order chi connectivity index (χ0) is 70.4. The van der Waals surface area contributed by atoms with Crippen molar-refractivity contribution in [3.05, 3.63) is 122 Å². The molecule has 17 nitrogen and oxygen atoms in total. The fraction of sp³-hybridized carbons (Fsp3) is 0.688. The second kappa shape index (κ2) is 69.0. The lowest BCUT2D eigenvalue weighted by Crippen LogP contribution is -2.30. The standard InChI is InChI=1S/C77H130O17P2/c1-5-9-13-17-21-25-29-32-34-35-37-40-43-46-50-54-58-62-75(80)87-67-72(93-76(81)63-59-55-51-47-41-28-24-20-16-12-8-4)69-91-95(83,84)89-65-71(78)66-90-96(85,86)92-70-73(94-77(82)64-60-56-52-48-44-38-31-27-23-19-15-11-7-3)68-88-74(79)61-57-53-49-45-42-39-36-33-30-26-22-18-14-10-6-2/h9-10,13-15,19,21-22,25-27,31-34,36,42,45,53,57,71-73,78H,5-8,11-12,16-18,20,23-24,28-30,35,37-41,43-44,46-52,54-56,58-70H2,1-4H3,(H,83,84)(H,85,86)/b13-9-,14-10-,19-15-,25-21-,26-22-,31-27-,34-32-,36-33-,45-42-,57-53-. The van der Waals surface area contributed by atoms with Crippen LogP contribution in [0, 0.1) is 0 Å². The van der Waals surface area contributed by atoms with Crippen molar-refractivity contribution in [3.8, 4) is 0 Å². The largest absolute Gasteiger partial charge is 0.472 e. The highest BCUT2D eigenvalue weighted by Crippen LogP contribution is 2.45. The topological polar surface area (TPSA) is 237 Å². The molecular formula is C77H130O17P2. The van der Waals surface area contributed by atoms with E-state index in [1.165, 1.54) is 38.5 Å². The number of aliphatic hydroxyl groups excluding tert-OH is 1. The van der Waals surface area contributed by atoms with Gasteiger partial charge in [-0.2, -0.15) is 0 Å². The van der Waals surface area contributed by atoms with Crippen molar-refractivity contribution in [2.24, 2.45) is 0 Å². The molecular weight excluding hydrogens is 1260 g/mol. The van der Waals surface area contributed by atoms with Crippen molar-refractivity contribution in [2.75, 3.05) is 39.6 Å². The quantitative estimate of drug-likeness (QED) is 0.0169. The number of allylic oxidation sites excluding steroid dienone is 19. The number of aliphatic hydroxyl groups is 1. The van der Waals surface area contributed by atoms with Crippen LogP contribution in [0.15, 0.2) is 122 Å². The second-order valence-corrected chi connectivity index (χ2v) is 27.0. The first-order chi connectivity index (χ1) is 46.7. The van der Waals surface area contributed by atoms with Gasteiger partial charge in [0.15, 0.2) is 12.2 Å². The minimum Gasteiger partial charge on any atom is -0.462 e. The average Bonchev–Trinajstić information content (AvgIpc) is 1.84. The maximum Gasteiger partial charge on any atom is 0.472 e. The van der Waals surface area contributed by atoms with E-state index in [0.29, 0.717) is 25.7 Å². The molecule has 0 rings (SSSR count). The van der Waals surface area contributed by atoms with Crippen LogP contribution in [0.5, 0.6) is 0 Å². The van der Waals surface area contributed by atoms with Crippen LogP contribution >= 0.6 is 15.6 Å². The Hall–Kier alpha value is -4.54. The Balaban J connectivity index is 5.38. The number of carbonyl (C=O) groups is 4. The number of phosphoric acid groups is 2. The molecule has 0 bridgehead atoms. The summed E-state index contributed by atoms with van der Waals surface area (Å²) >= 11 is 0. The van der Waals surface area contributed by atoms with Crippen molar-refractivity contribution in [1.82, 2.24) is 0 Å². The molecule has 0 aromatic rings. The van der Waals surface area contributed by atoms with Crippen molar-refractivity contribution < 1.29 is 80.2 Å². The Kier molecular flexibility index (Phi) is 65.7. The van der Waals surface area contributed by atoms with Gasteiger partial charge in [-0.05, 0) is 109 Å². The minimum atomic E-state index is -4.99. The van der Waals surface area contributed by atoms with E-state index in [4.69, 9.17) is 37.0 Å². The number of carbonyl (C=O) groups excluding carboxylic acids is 4. The van der Waals surface area contributed by atoms with E-state index in [2.05, 4.69) is 125 Å². The summed E-state index contributed by atoms with van der Waals surface area (Å²) in [5, 5.41) is 10.6. The van der Waals surface area contributed by atoms with Gasteiger partial charge >= 0.3 is 39.5 Å². The Morgan fingerprint density at radius 2 is 0.604 bits per heavy atom. The zero-order valence-electron chi connectivity index (χ0n) is 59.8. The van der Waals surface area contributed by atoms with Gasteiger partial charge < -0.3 is 33.8 Å². The van der Waals surface area contributed by atoms with Gasteiger partial charge in [0.25, 0.3) is 0 Å². The molecule has 96 heavy (non-hydrogen) atoms. The van der Waals surface area contributed by atoms with Gasteiger partial charge in [0.05, 0.1) is 32.8 Å². The van der Waals surface area contributed by atoms with Crippen LogP contribution in [0.2, 0.25) is 0 Å². The third-order valence-electron chi connectivity index (χ3n) is 14.9. The van der Waals surface area contributed by atoms with Crippen LogP contribution in [0.1, 0.15) is 285 Å².